The van der Waals surface area contributed by atoms with Gasteiger partial charge in [-0.2, -0.15) is 0 Å². The molecule has 4 nitrogen and oxygen atoms in total. The van der Waals surface area contributed by atoms with Crippen molar-refractivity contribution in [2.75, 3.05) is 11.9 Å². The van der Waals surface area contributed by atoms with Crippen molar-refractivity contribution in [2.24, 2.45) is 0 Å². The fraction of sp³-hybridized carbons (Fsp3) is 0.455. The lowest BCUT2D eigenvalue weighted by Crippen LogP contribution is -2.20. The normalized spacial score (nSPS) is 10.8. The van der Waals surface area contributed by atoms with Crippen molar-refractivity contribution in [1.29, 1.82) is 0 Å². The SMILES string of the molecule is CCCn1c(N(C)Cc2ccc(Cl)s2)n[nH]c1=S. The van der Waals surface area contributed by atoms with Gasteiger partial charge in [0.2, 0.25) is 5.95 Å². The predicted octanol–water partition coefficient (Wildman–Crippen LogP) is 3.70. The third kappa shape index (κ3) is 2.93. The number of aromatic nitrogens is 3. The van der Waals surface area contributed by atoms with Gasteiger partial charge in [-0.25, -0.2) is 5.10 Å². The molecular weight excluding hydrogens is 288 g/mol. The van der Waals surface area contributed by atoms with Gasteiger partial charge in [0.15, 0.2) is 4.77 Å². The molecule has 0 aliphatic heterocycles. The van der Waals surface area contributed by atoms with Crippen molar-refractivity contribution in [2.45, 2.75) is 26.4 Å². The number of anilines is 1. The lowest BCUT2D eigenvalue weighted by Gasteiger charge is -2.17. The summed E-state index contributed by atoms with van der Waals surface area (Å²) in [5.41, 5.74) is 0. The first kappa shape index (κ1) is 13.6. The molecule has 0 amide bonds. The highest BCUT2D eigenvalue weighted by Gasteiger charge is 2.11. The van der Waals surface area contributed by atoms with Crippen molar-refractivity contribution in [3.8, 4) is 0 Å². The molecule has 0 saturated carbocycles. The van der Waals surface area contributed by atoms with Gasteiger partial charge in [-0.3, -0.25) is 4.57 Å². The monoisotopic (exact) mass is 302 g/mol. The zero-order valence-corrected chi connectivity index (χ0v) is 12.7. The molecule has 0 saturated heterocycles. The summed E-state index contributed by atoms with van der Waals surface area (Å²) in [6.45, 7) is 3.78. The molecule has 2 heterocycles. The molecule has 1 N–H and O–H groups in total. The number of hydrogen-bond acceptors (Lipinski definition) is 4. The topological polar surface area (TPSA) is 36.9 Å². The Bertz CT molecular complexity index is 572. The Labute approximate surface area is 120 Å². The largest absolute Gasteiger partial charge is 0.339 e. The second kappa shape index (κ2) is 5.86. The fourth-order valence-corrected chi connectivity index (χ4v) is 3.13. The van der Waals surface area contributed by atoms with E-state index in [0.717, 1.165) is 29.8 Å². The highest BCUT2D eigenvalue weighted by molar-refractivity contribution is 7.71. The van der Waals surface area contributed by atoms with Crippen LogP contribution in [0.3, 0.4) is 0 Å². The first-order valence-electron chi connectivity index (χ1n) is 5.72. The Hall–Kier alpha value is -0.850. The van der Waals surface area contributed by atoms with E-state index in [9.17, 15) is 0 Å². The van der Waals surface area contributed by atoms with Crippen LogP contribution in [0, 0.1) is 4.77 Å². The Morgan fingerprint density at radius 2 is 2.33 bits per heavy atom. The average molecular weight is 303 g/mol. The first-order chi connectivity index (χ1) is 8.61. The van der Waals surface area contributed by atoms with E-state index in [1.165, 1.54) is 4.88 Å². The van der Waals surface area contributed by atoms with Crippen LogP contribution in [0.1, 0.15) is 18.2 Å². The molecule has 2 aromatic heterocycles. The van der Waals surface area contributed by atoms with Crippen LogP contribution in [0.2, 0.25) is 4.34 Å². The van der Waals surface area contributed by atoms with Crippen molar-refractivity contribution >= 4 is 41.1 Å². The van der Waals surface area contributed by atoms with Crippen molar-refractivity contribution in [3.05, 3.63) is 26.1 Å². The highest BCUT2D eigenvalue weighted by Crippen LogP contribution is 2.23. The van der Waals surface area contributed by atoms with Crippen LogP contribution in [0.25, 0.3) is 0 Å². The number of H-pyrrole nitrogens is 1. The molecule has 0 radical (unpaired) electrons. The number of halogens is 1. The van der Waals surface area contributed by atoms with E-state index in [-0.39, 0.29) is 0 Å². The van der Waals surface area contributed by atoms with Gasteiger partial charge < -0.3 is 4.90 Å². The summed E-state index contributed by atoms with van der Waals surface area (Å²) in [7, 11) is 2.00. The number of hydrogen-bond donors (Lipinski definition) is 1. The van der Waals surface area contributed by atoms with Crippen LogP contribution < -0.4 is 4.90 Å². The minimum Gasteiger partial charge on any atom is -0.339 e. The summed E-state index contributed by atoms with van der Waals surface area (Å²) in [6.07, 6.45) is 1.03. The number of nitrogens with zero attached hydrogens (tertiary/aromatic N) is 3. The van der Waals surface area contributed by atoms with E-state index in [0.29, 0.717) is 4.77 Å². The smallest absolute Gasteiger partial charge is 0.225 e. The Morgan fingerprint density at radius 1 is 1.56 bits per heavy atom. The van der Waals surface area contributed by atoms with E-state index in [1.54, 1.807) is 11.3 Å². The maximum absolute atomic E-state index is 5.93. The van der Waals surface area contributed by atoms with Crippen LogP contribution in [-0.4, -0.2) is 21.8 Å². The quantitative estimate of drug-likeness (QED) is 0.856. The Morgan fingerprint density at radius 3 is 2.94 bits per heavy atom. The molecule has 0 aliphatic carbocycles. The van der Waals surface area contributed by atoms with Gasteiger partial charge in [0.1, 0.15) is 0 Å². The molecule has 0 fully saturated rings. The minimum atomic E-state index is 0.669. The minimum absolute atomic E-state index is 0.669. The molecule has 0 bridgehead atoms. The van der Waals surface area contributed by atoms with Gasteiger partial charge in [0, 0.05) is 18.5 Å². The summed E-state index contributed by atoms with van der Waals surface area (Å²) in [6, 6.07) is 3.95. The Balaban J connectivity index is 2.18. The van der Waals surface area contributed by atoms with Crippen LogP contribution in [0.5, 0.6) is 0 Å². The molecule has 2 aromatic rings. The van der Waals surface area contributed by atoms with E-state index in [1.807, 2.05) is 23.7 Å². The Kier molecular flexibility index (Phi) is 4.42. The molecule has 0 aromatic carbocycles. The van der Waals surface area contributed by atoms with Crippen LogP contribution >= 0.6 is 35.2 Å². The second-order valence-electron chi connectivity index (χ2n) is 4.04. The van der Waals surface area contributed by atoms with Gasteiger partial charge in [-0.05, 0) is 30.8 Å². The van der Waals surface area contributed by atoms with E-state index >= 15 is 0 Å². The van der Waals surface area contributed by atoms with E-state index < -0.39 is 0 Å². The molecule has 0 aliphatic rings. The van der Waals surface area contributed by atoms with Gasteiger partial charge in [-0.1, -0.05) is 18.5 Å². The first-order valence-corrected chi connectivity index (χ1v) is 7.32. The summed E-state index contributed by atoms with van der Waals surface area (Å²) in [5.74, 6) is 0.867. The molecule has 0 atom stereocenters. The van der Waals surface area contributed by atoms with Gasteiger partial charge in [0.05, 0.1) is 10.9 Å². The standard InChI is InChI=1S/C11H15ClN4S2/c1-3-6-16-10(13-14-11(16)17)15(2)7-8-4-5-9(12)18-8/h4-5H,3,6-7H2,1-2H3,(H,14,17). The van der Waals surface area contributed by atoms with Crippen LogP contribution in [0.4, 0.5) is 5.95 Å². The molecular formula is C11H15ClN4S2. The maximum atomic E-state index is 5.93. The van der Waals surface area contributed by atoms with E-state index in [2.05, 4.69) is 22.0 Å². The molecule has 7 heteroatoms. The number of rotatable bonds is 5. The van der Waals surface area contributed by atoms with E-state index in [4.69, 9.17) is 23.8 Å². The fourth-order valence-electron chi connectivity index (χ4n) is 1.77. The summed E-state index contributed by atoms with van der Waals surface area (Å²) >= 11 is 12.7. The van der Waals surface area contributed by atoms with Crippen LogP contribution in [-0.2, 0) is 13.1 Å². The molecule has 0 spiro atoms. The predicted molar refractivity (Wildman–Crippen MR) is 79.1 cm³/mol. The molecule has 0 unspecified atom stereocenters. The van der Waals surface area contributed by atoms with Crippen molar-refractivity contribution in [1.82, 2.24) is 14.8 Å². The number of aromatic amines is 1. The zero-order chi connectivity index (χ0) is 13.1. The van der Waals surface area contributed by atoms with Gasteiger partial charge in [-0.15, -0.1) is 16.4 Å². The molecule has 18 heavy (non-hydrogen) atoms. The third-order valence-electron chi connectivity index (χ3n) is 2.55. The summed E-state index contributed by atoms with van der Waals surface area (Å²) in [4.78, 5) is 3.28. The maximum Gasteiger partial charge on any atom is 0.225 e. The number of thiophene rings is 1. The lowest BCUT2D eigenvalue weighted by atomic mass is 10.4. The zero-order valence-electron chi connectivity index (χ0n) is 10.3. The number of nitrogens with one attached hydrogen (secondary N) is 1. The highest BCUT2D eigenvalue weighted by atomic mass is 35.5. The molecule has 2 rings (SSSR count). The van der Waals surface area contributed by atoms with Gasteiger partial charge >= 0.3 is 0 Å². The van der Waals surface area contributed by atoms with Crippen molar-refractivity contribution in [3.63, 3.8) is 0 Å². The van der Waals surface area contributed by atoms with Crippen molar-refractivity contribution < 1.29 is 0 Å². The summed E-state index contributed by atoms with van der Waals surface area (Å²) in [5, 5.41) is 7.13. The lowest BCUT2D eigenvalue weighted by molar-refractivity contribution is 0.655. The van der Waals surface area contributed by atoms with Gasteiger partial charge in [0.25, 0.3) is 0 Å². The van der Waals surface area contributed by atoms with Crippen LogP contribution in [0.15, 0.2) is 12.1 Å². The molecule has 98 valence electrons. The average Bonchev–Trinajstić information content (AvgIpc) is 2.88. The second-order valence-corrected chi connectivity index (χ2v) is 6.23. The third-order valence-corrected chi connectivity index (χ3v) is 4.08. The summed E-state index contributed by atoms with van der Waals surface area (Å²) < 4.78 is 3.50.